The van der Waals surface area contributed by atoms with E-state index in [9.17, 15) is 4.79 Å². The van der Waals surface area contributed by atoms with Crippen molar-refractivity contribution >= 4 is 11.6 Å². The van der Waals surface area contributed by atoms with Gasteiger partial charge in [0.1, 0.15) is 11.9 Å². The number of nitriles is 1. The molecule has 1 amide bonds. The first kappa shape index (κ1) is 16.8. The largest absolute Gasteiger partial charge is 0.485 e. The highest BCUT2D eigenvalue weighted by atomic mass is 16.5. The number of hydrogen-bond donors (Lipinski definition) is 0. The molecule has 1 aliphatic heterocycles. The molecule has 25 heavy (non-hydrogen) atoms. The molecule has 0 spiro atoms. The molecule has 1 heterocycles. The van der Waals surface area contributed by atoms with Crippen LogP contribution in [0.4, 0.5) is 5.69 Å². The molecule has 0 aliphatic carbocycles. The number of ether oxygens (including phenoxy) is 1. The molecule has 0 fully saturated rings. The van der Waals surface area contributed by atoms with Crippen LogP contribution in [-0.2, 0) is 0 Å². The van der Waals surface area contributed by atoms with Gasteiger partial charge in [-0.05, 0) is 43.3 Å². The maximum Gasteiger partial charge on any atom is 0.253 e. The van der Waals surface area contributed by atoms with Gasteiger partial charge in [-0.3, -0.25) is 4.79 Å². The van der Waals surface area contributed by atoms with E-state index in [1.54, 1.807) is 36.2 Å². The second kappa shape index (κ2) is 7.27. The van der Waals surface area contributed by atoms with Gasteiger partial charge in [0.15, 0.2) is 0 Å². The van der Waals surface area contributed by atoms with Gasteiger partial charge in [0.25, 0.3) is 5.91 Å². The first-order chi connectivity index (χ1) is 12.1. The van der Waals surface area contributed by atoms with Crippen molar-refractivity contribution in [1.29, 1.82) is 5.26 Å². The average molecular weight is 335 g/mol. The fourth-order valence-corrected chi connectivity index (χ4v) is 3.07. The van der Waals surface area contributed by atoms with Crippen LogP contribution in [0.5, 0.6) is 5.75 Å². The number of para-hydroxylation sites is 2. The van der Waals surface area contributed by atoms with Gasteiger partial charge in [-0.25, -0.2) is 0 Å². The third-order valence-electron chi connectivity index (χ3n) is 4.39. The lowest BCUT2D eigenvalue weighted by Crippen LogP contribution is -2.46. The minimum atomic E-state index is -0.0813. The molecule has 5 nitrogen and oxygen atoms in total. The van der Waals surface area contributed by atoms with Gasteiger partial charge < -0.3 is 14.5 Å². The Morgan fingerprint density at radius 1 is 1.28 bits per heavy atom. The number of benzene rings is 2. The average Bonchev–Trinajstić information content (AvgIpc) is 2.66. The molecule has 0 unspecified atom stereocenters. The van der Waals surface area contributed by atoms with Crippen LogP contribution in [0.15, 0.2) is 48.5 Å². The maximum absolute atomic E-state index is 12.6. The van der Waals surface area contributed by atoms with Crippen molar-refractivity contribution in [3.8, 4) is 11.8 Å². The molecule has 1 aliphatic rings. The molecular weight excluding hydrogens is 314 g/mol. The van der Waals surface area contributed by atoms with E-state index in [1.165, 1.54) is 0 Å². The van der Waals surface area contributed by atoms with Gasteiger partial charge in [0.2, 0.25) is 0 Å². The molecule has 0 aromatic heterocycles. The molecule has 5 heteroatoms. The number of rotatable bonds is 4. The molecule has 1 atom stereocenters. The van der Waals surface area contributed by atoms with Crippen molar-refractivity contribution in [2.75, 3.05) is 31.6 Å². The van der Waals surface area contributed by atoms with Gasteiger partial charge >= 0.3 is 0 Å². The summed E-state index contributed by atoms with van der Waals surface area (Å²) in [6, 6.07) is 16.7. The van der Waals surface area contributed by atoms with E-state index < -0.39 is 0 Å². The van der Waals surface area contributed by atoms with E-state index in [0.717, 1.165) is 24.5 Å². The fourth-order valence-electron chi connectivity index (χ4n) is 3.07. The lowest BCUT2D eigenvalue weighted by molar-refractivity contribution is 0.0709. The van der Waals surface area contributed by atoms with Crippen molar-refractivity contribution in [1.82, 2.24) is 4.90 Å². The monoisotopic (exact) mass is 335 g/mol. The Balaban J connectivity index is 1.69. The lowest BCUT2D eigenvalue weighted by atomic mass is 10.1. The minimum Gasteiger partial charge on any atom is -0.485 e. The number of fused-ring (bicyclic) bond motifs is 1. The second-order valence-electron chi connectivity index (χ2n) is 6.12. The van der Waals surface area contributed by atoms with E-state index in [1.807, 2.05) is 18.2 Å². The quantitative estimate of drug-likeness (QED) is 0.862. The Kier molecular flexibility index (Phi) is 4.90. The van der Waals surface area contributed by atoms with Gasteiger partial charge in [-0.1, -0.05) is 12.1 Å². The zero-order valence-corrected chi connectivity index (χ0v) is 14.5. The van der Waals surface area contributed by atoms with Crippen LogP contribution in [0.1, 0.15) is 22.8 Å². The van der Waals surface area contributed by atoms with Crippen LogP contribution in [0.3, 0.4) is 0 Å². The van der Waals surface area contributed by atoms with E-state index >= 15 is 0 Å². The Hall–Kier alpha value is -3.00. The van der Waals surface area contributed by atoms with Gasteiger partial charge in [-0.15, -0.1) is 0 Å². The smallest absolute Gasteiger partial charge is 0.253 e. The summed E-state index contributed by atoms with van der Waals surface area (Å²) in [5.41, 5.74) is 2.22. The first-order valence-electron chi connectivity index (χ1n) is 8.38. The predicted octanol–water partition coefficient (Wildman–Crippen LogP) is 2.92. The van der Waals surface area contributed by atoms with Crippen LogP contribution in [0.2, 0.25) is 0 Å². The molecule has 0 saturated heterocycles. The molecule has 0 N–H and O–H groups in total. The zero-order valence-electron chi connectivity index (χ0n) is 14.5. The highest BCUT2D eigenvalue weighted by Gasteiger charge is 2.26. The van der Waals surface area contributed by atoms with Crippen molar-refractivity contribution in [3.63, 3.8) is 0 Å². The van der Waals surface area contributed by atoms with E-state index in [4.69, 9.17) is 10.00 Å². The third kappa shape index (κ3) is 3.58. The van der Waals surface area contributed by atoms with E-state index in [-0.39, 0.29) is 12.0 Å². The van der Waals surface area contributed by atoms with Crippen LogP contribution in [0, 0.1) is 11.3 Å². The maximum atomic E-state index is 12.6. The summed E-state index contributed by atoms with van der Waals surface area (Å²) in [4.78, 5) is 16.5. The number of carbonyl (C=O) groups is 1. The standard InChI is InChI=1S/C20H21N3O2/c1-3-23-14-17(25-19-7-5-4-6-18(19)23)13-22(2)20(24)16-10-8-15(12-21)9-11-16/h4-11,17H,3,13-14H2,1-2H3/t17-/m0/s1. The molecule has 3 rings (SSSR count). The van der Waals surface area contributed by atoms with Crippen LogP contribution in [-0.4, -0.2) is 43.6 Å². The molecule has 128 valence electrons. The summed E-state index contributed by atoms with van der Waals surface area (Å²) in [6.45, 7) is 4.26. The fraction of sp³-hybridized carbons (Fsp3) is 0.300. The van der Waals surface area contributed by atoms with E-state index in [2.05, 4.69) is 24.0 Å². The molecule has 2 aromatic rings. The summed E-state index contributed by atoms with van der Waals surface area (Å²) in [6.07, 6.45) is -0.0813. The number of amides is 1. The summed E-state index contributed by atoms with van der Waals surface area (Å²) < 4.78 is 6.08. The minimum absolute atomic E-state index is 0.0741. The zero-order chi connectivity index (χ0) is 17.8. The summed E-state index contributed by atoms with van der Waals surface area (Å²) in [5, 5.41) is 8.85. The number of nitrogens with zero attached hydrogens (tertiary/aromatic N) is 3. The normalized spacial score (nSPS) is 15.7. The number of carbonyl (C=O) groups excluding carboxylic acids is 1. The highest BCUT2D eigenvalue weighted by Crippen LogP contribution is 2.32. The predicted molar refractivity (Wildman–Crippen MR) is 96.9 cm³/mol. The number of anilines is 1. The van der Waals surface area contributed by atoms with Crippen molar-refractivity contribution in [3.05, 3.63) is 59.7 Å². The summed E-state index contributed by atoms with van der Waals surface area (Å²) in [7, 11) is 1.78. The van der Waals surface area contributed by atoms with Gasteiger partial charge in [0.05, 0.1) is 30.4 Å². The molecule has 2 aromatic carbocycles. The second-order valence-corrected chi connectivity index (χ2v) is 6.12. The van der Waals surface area contributed by atoms with Crippen molar-refractivity contribution in [2.45, 2.75) is 13.0 Å². The summed E-state index contributed by atoms with van der Waals surface area (Å²) >= 11 is 0. The van der Waals surface area contributed by atoms with E-state index in [0.29, 0.717) is 17.7 Å². The van der Waals surface area contributed by atoms with Gasteiger partial charge in [0, 0.05) is 19.2 Å². The van der Waals surface area contributed by atoms with Crippen molar-refractivity contribution < 1.29 is 9.53 Å². The lowest BCUT2D eigenvalue weighted by Gasteiger charge is -2.37. The highest BCUT2D eigenvalue weighted by molar-refractivity contribution is 5.94. The molecular formula is C20H21N3O2. The third-order valence-corrected chi connectivity index (χ3v) is 4.39. The summed E-state index contributed by atoms with van der Waals surface area (Å²) in [5.74, 6) is 0.787. The Morgan fingerprint density at radius 2 is 2.00 bits per heavy atom. The van der Waals surface area contributed by atoms with Gasteiger partial charge in [-0.2, -0.15) is 5.26 Å². The molecule has 0 bridgehead atoms. The number of likely N-dealkylation sites (N-methyl/N-ethyl adjacent to an activating group) is 2. The molecule has 0 radical (unpaired) electrons. The Bertz CT molecular complexity index is 795. The first-order valence-corrected chi connectivity index (χ1v) is 8.38. The topological polar surface area (TPSA) is 56.6 Å². The molecule has 0 saturated carbocycles. The Morgan fingerprint density at radius 3 is 2.68 bits per heavy atom. The number of hydrogen-bond acceptors (Lipinski definition) is 4. The van der Waals surface area contributed by atoms with Crippen LogP contribution < -0.4 is 9.64 Å². The SMILES string of the molecule is CCN1C[C@H](CN(C)C(=O)c2ccc(C#N)cc2)Oc2ccccc21. The van der Waals surface area contributed by atoms with Crippen molar-refractivity contribution in [2.24, 2.45) is 0 Å². The van der Waals surface area contributed by atoms with Crippen LogP contribution >= 0.6 is 0 Å². The Labute approximate surface area is 148 Å². The van der Waals surface area contributed by atoms with Crippen LogP contribution in [0.25, 0.3) is 0 Å².